The van der Waals surface area contributed by atoms with Gasteiger partial charge in [-0.2, -0.15) is 10.2 Å². The highest BCUT2D eigenvalue weighted by Crippen LogP contribution is 2.19. The Morgan fingerprint density at radius 3 is 2.87 bits per heavy atom. The van der Waals surface area contributed by atoms with E-state index in [1.807, 2.05) is 24.3 Å². The van der Waals surface area contributed by atoms with Crippen LogP contribution in [0.25, 0.3) is 10.8 Å². The van der Waals surface area contributed by atoms with Crippen LogP contribution in [0, 0.1) is 10.1 Å². The smallest absolute Gasteiger partial charge is 0.259 e. The van der Waals surface area contributed by atoms with Crippen LogP contribution in [0.15, 0.2) is 59.8 Å². The topological polar surface area (TPSA) is 93.3 Å². The first-order valence-corrected chi connectivity index (χ1v) is 6.91. The number of nitrogens with one attached hydrogen (secondary N) is 1. The first kappa shape index (κ1) is 14.6. The molecule has 1 heterocycles. The van der Waals surface area contributed by atoms with Gasteiger partial charge in [-0.15, -0.1) is 5.10 Å². The van der Waals surface area contributed by atoms with E-state index >= 15 is 0 Å². The number of aromatic nitrogens is 2. The minimum absolute atomic E-state index is 0.0296. The summed E-state index contributed by atoms with van der Waals surface area (Å²) >= 11 is 0. The van der Waals surface area contributed by atoms with Crippen LogP contribution in [0.3, 0.4) is 0 Å². The Morgan fingerprint density at radius 2 is 2.04 bits per heavy atom. The van der Waals surface area contributed by atoms with Crippen molar-refractivity contribution in [3.05, 3.63) is 70.4 Å². The van der Waals surface area contributed by atoms with Gasteiger partial charge >= 0.3 is 0 Å². The molecule has 3 rings (SSSR count). The summed E-state index contributed by atoms with van der Waals surface area (Å²) in [7, 11) is 0. The number of nitro groups is 1. The molecule has 0 saturated carbocycles. The maximum atomic E-state index is 10.8. The zero-order valence-electron chi connectivity index (χ0n) is 12.3. The molecule has 0 atom stereocenters. The Balaban J connectivity index is 1.89. The molecule has 0 spiro atoms. The molecule has 0 aliphatic rings. The lowest BCUT2D eigenvalue weighted by Gasteiger charge is -2.05. The van der Waals surface area contributed by atoms with E-state index in [2.05, 4.69) is 20.7 Å². The molecule has 0 unspecified atom stereocenters. The molecule has 1 N–H and O–H groups in total. The number of hydrogen-bond donors (Lipinski definition) is 1. The van der Waals surface area contributed by atoms with E-state index in [1.54, 1.807) is 25.3 Å². The molecule has 2 aromatic carbocycles. The number of non-ortho nitro benzene ring substituents is 1. The lowest BCUT2D eigenvalue weighted by atomic mass is 10.1. The quantitative estimate of drug-likeness (QED) is 0.453. The molecule has 7 heteroatoms. The van der Waals surface area contributed by atoms with E-state index in [1.165, 1.54) is 12.1 Å². The maximum absolute atomic E-state index is 10.8. The van der Waals surface area contributed by atoms with Gasteiger partial charge in [-0.25, -0.2) is 0 Å². The monoisotopic (exact) mass is 307 g/mol. The summed E-state index contributed by atoms with van der Waals surface area (Å²) in [4.78, 5) is 10.4. The van der Waals surface area contributed by atoms with Crippen LogP contribution in [-0.4, -0.2) is 20.8 Å². The van der Waals surface area contributed by atoms with Gasteiger partial charge in [-0.3, -0.25) is 15.5 Å². The summed E-state index contributed by atoms with van der Waals surface area (Å²) in [6, 6.07) is 14.0. The first-order chi connectivity index (χ1) is 11.1. The molecule has 0 bridgehead atoms. The minimum Gasteiger partial charge on any atom is -0.259 e. The zero-order chi connectivity index (χ0) is 16.2. The number of hydrazone groups is 1. The number of anilines is 1. The van der Waals surface area contributed by atoms with Crippen molar-refractivity contribution in [2.45, 2.75) is 6.92 Å². The minimum atomic E-state index is -0.430. The first-order valence-electron chi connectivity index (χ1n) is 6.91. The molecule has 0 aliphatic carbocycles. The third-order valence-corrected chi connectivity index (χ3v) is 3.37. The molecule has 3 aromatic rings. The van der Waals surface area contributed by atoms with Crippen molar-refractivity contribution in [3.63, 3.8) is 0 Å². The van der Waals surface area contributed by atoms with Crippen molar-refractivity contribution >= 4 is 28.0 Å². The number of rotatable bonds is 4. The van der Waals surface area contributed by atoms with E-state index in [0.29, 0.717) is 17.1 Å². The fourth-order valence-electron chi connectivity index (χ4n) is 2.16. The predicted molar refractivity (Wildman–Crippen MR) is 88.5 cm³/mol. The number of hydrogen-bond acceptors (Lipinski definition) is 6. The van der Waals surface area contributed by atoms with Gasteiger partial charge in [0.1, 0.15) is 0 Å². The molecule has 0 amide bonds. The molecule has 7 nitrogen and oxygen atoms in total. The summed E-state index contributed by atoms with van der Waals surface area (Å²) < 4.78 is 0. The standard InChI is InChI=1S/C16H13N5O2/c1-11(12-6-4-7-14(9-12)21(22)23)18-20-16-15-8-3-2-5-13(15)10-17-19-16/h2-10H,1H3,(H,19,20). The van der Waals surface area contributed by atoms with Crippen LogP contribution < -0.4 is 5.43 Å². The fraction of sp³-hybridized carbons (Fsp3) is 0.0625. The molecule has 0 fully saturated rings. The predicted octanol–water partition coefficient (Wildman–Crippen LogP) is 3.37. The van der Waals surface area contributed by atoms with E-state index in [4.69, 9.17) is 0 Å². The van der Waals surface area contributed by atoms with Crippen LogP contribution in [0.2, 0.25) is 0 Å². The summed E-state index contributed by atoms with van der Waals surface area (Å²) in [5, 5.41) is 24.9. The van der Waals surface area contributed by atoms with E-state index in [9.17, 15) is 10.1 Å². The molecular weight excluding hydrogens is 294 g/mol. The van der Waals surface area contributed by atoms with Gasteiger partial charge in [-0.1, -0.05) is 36.4 Å². The van der Waals surface area contributed by atoms with Gasteiger partial charge in [0.05, 0.1) is 16.8 Å². The normalized spacial score (nSPS) is 11.4. The number of nitrogens with zero attached hydrogens (tertiary/aromatic N) is 4. The second-order valence-corrected chi connectivity index (χ2v) is 4.90. The van der Waals surface area contributed by atoms with Crippen LogP contribution in [-0.2, 0) is 0 Å². The van der Waals surface area contributed by atoms with Crippen molar-refractivity contribution in [2.75, 3.05) is 5.43 Å². The summed E-state index contributed by atoms with van der Waals surface area (Å²) in [5.41, 5.74) is 4.19. The summed E-state index contributed by atoms with van der Waals surface area (Å²) in [5.74, 6) is 0.535. The second-order valence-electron chi connectivity index (χ2n) is 4.90. The largest absolute Gasteiger partial charge is 0.270 e. The van der Waals surface area contributed by atoms with Crippen molar-refractivity contribution in [1.29, 1.82) is 0 Å². The summed E-state index contributed by atoms with van der Waals surface area (Å²) in [6.07, 6.45) is 1.68. The van der Waals surface area contributed by atoms with E-state index in [0.717, 1.165) is 10.8 Å². The van der Waals surface area contributed by atoms with Crippen LogP contribution in [0.5, 0.6) is 0 Å². The van der Waals surface area contributed by atoms with E-state index in [-0.39, 0.29) is 5.69 Å². The van der Waals surface area contributed by atoms with Crippen LogP contribution in [0.1, 0.15) is 12.5 Å². The van der Waals surface area contributed by atoms with Crippen LogP contribution in [0.4, 0.5) is 11.5 Å². The molecule has 1 aromatic heterocycles. The SMILES string of the molecule is CC(=NNc1nncc2ccccc12)c1cccc([N+](=O)[O-])c1. The van der Waals surface area contributed by atoms with Gasteiger partial charge < -0.3 is 0 Å². The van der Waals surface area contributed by atoms with Crippen molar-refractivity contribution in [2.24, 2.45) is 5.10 Å². The third-order valence-electron chi connectivity index (χ3n) is 3.37. The summed E-state index contributed by atoms with van der Waals surface area (Å²) in [6.45, 7) is 1.77. The van der Waals surface area contributed by atoms with Crippen molar-refractivity contribution < 1.29 is 4.92 Å². The highest BCUT2D eigenvalue weighted by molar-refractivity contribution is 6.00. The maximum Gasteiger partial charge on any atom is 0.270 e. The average Bonchev–Trinajstić information content (AvgIpc) is 2.59. The molecule has 114 valence electrons. The van der Waals surface area contributed by atoms with Gasteiger partial charge in [0.15, 0.2) is 5.82 Å². The number of fused-ring (bicyclic) bond motifs is 1. The molecular formula is C16H13N5O2. The lowest BCUT2D eigenvalue weighted by Crippen LogP contribution is -2.02. The number of nitro benzene ring substituents is 1. The average molecular weight is 307 g/mol. The molecule has 0 saturated heterocycles. The Kier molecular flexibility index (Phi) is 3.92. The fourth-order valence-corrected chi connectivity index (χ4v) is 2.16. The van der Waals surface area contributed by atoms with Crippen molar-refractivity contribution in [3.8, 4) is 0 Å². The van der Waals surface area contributed by atoms with Gasteiger partial charge in [-0.05, 0) is 6.92 Å². The highest BCUT2D eigenvalue weighted by atomic mass is 16.6. The Bertz CT molecular complexity index is 902. The second kappa shape index (κ2) is 6.18. The Morgan fingerprint density at radius 1 is 1.22 bits per heavy atom. The van der Waals surface area contributed by atoms with E-state index < -0.39 is 4.92 Å². The van der Waals surface area contributed by atoms with Crippen molar-refractivity contribution in [1.82, 2.24) is 10.2 Å². The van der Waals surface area contributed by atoms with Gasteiger partial charge in [0.25, 0.3) is 5.69 Å². The third kappa shape index (κ3) is 3.13. The molecule has 23 heavy (non-hydrogen) atoms. The molecule has 0 aliphatic heterocycles. The van der Waals surface area contributed by atoms with Gasteiger partial charge in [0, 0.05) is 28.5 Å². The Labute approximate surface area is 131 Å². The number of benzene rings is 2. The Hall–Kier alpha value is -3.35. The molecule has 0 radical (unpaired) electrons. The highest BCUT2D eigenvalue weighted by Gasteiger charge is 2.08. The zero-order valence-corrected chi connectivity index (χ0v) is 12.3. The van der Waals surface area contributed by atoms with Crippen LogP contribution >= 0.6 is 0 Å². The lowest BCUT2D eigenvalue weighted by molar-refractivity contribution is -0.384. The van der Waals surface area contributed by atoms with Gasteiger partial charge in [0.2, 0.25) is 0 Å².